The average Bonchev–Trinajstić information content (AvgIpc) is 2.59. The minimum Gasteiger partial charge on any atom is -0.468 e. The number of esters is 1. The van der Waals surface area contributed by atoms with Crippen molar-refractivity contribution in [3.63, 3.8) is 0 Å². The fourth-order valence-corrected chi connectivity index (χ4v) is 2.52. The van der Waals surface area contributed by atoms with Gasteiger partial charge in [0.15, 0.2) is 0 Å². The standard InChI is InChI=1S/C9H12BrNO2S/c1-13-9(12)8(11)3-2-7-4-6(10)5-14-7/h4-5,8H,2-3,11H2,1H3. The van der Waals surface area contributed by atoms with Crippen molar-refractivity contribution in [1.82, 2.24) is 0 Å². The Morgan fingerprint density at radius 3 is 3.00 bits per heavy atom. The fraction of sp³-hybridized carbons (Fsp3) is 0.444. The number of carbonyl (C=O) groups is 1. The summed E-state index contributed by atoms with van der Waals surface area (Å²) < 4.78 is 5.61. The van der Waals surface area contributed by atoms with Crippen LogP contribution < -0.4 is 5.73 Å². The molecule has 0 saturated heterocycles. The second kappa shape index (κ2) is 5.48. The molecule has 0 aliphatic carbocycles. The van der Waals surface area contributed by atoms with Crippen LogP contribution in [-0.4, -0.2) is 19.1 Å². The molecular weight excluding hydrogens is 266 g/mol. The van der Waals surface area contributed by atoms with Crippen LogP contribution in [-0.2, 0) is 16.0 Å². The molecule has 1 unspecified atom stereocenters. The summed E-state index contributed by atoms with van der Waals surface area (Å²) in [5, 5.41) is 2.01. The zero-order chi connectivity index (χ0) is 10.6. The monoisotopic (exact) mass is 277 g/mol. The average molecular weight is 278 g/mol. The molecule has 1 aromatic rings. The number of hydrogen-bond acceptors (Lipinski definition) is 4. The maximum absolute atomic E-state index is 11.0. The number of nitrogens with two attached hydrogens (primary N) is 1. The van der Waals surface area contributed by atoms with Crippen molar-refractivity contribution in [1.29, 1.82) is 0 Å². The summed E-state index contributed by atoms with van der Waals surface area (Å²) in [5.74, 6) is -0.347. The largest absolute Gasteiger partial charge is 0.468 e. The maximum atomic E-state index is 11.0. The predicted octanol–water partition coefficient (Wildman–Crippen LogP) is 1.94. The number of methoxy groups -OCH3 is 1. The molecule has 0 radical (unpaired) electrons. The van der Waals surface area contributed by atoms with Crippen LogP contribution in [0.15, 0.2) is 15.9 Å². The highest BCUT2D eigenvalue weighted by molar-refractivity contribution is 9.10. The van der Waals surface area contributed by atoms with Crippen molar-refractivity contribution < 1.29 is 9.53 Å². The third-order valence-corrected chi connectivity index (χ3v) is 3.58. The van der Waals surface area contributed by atoms with Gasteiger partial charge in [0.25, 0.3) is 0 Å². The summed E-state index contributed by atoms with van der Waals surface area (Å²) in [6.45, 7) is 0. The van der Waals surface area contributed by atoms with Gasteiger partial charge in [0, 0.05) is 14.7 Å². The summed E-state index contributed by atoms with van der Waals surface area (Å²) in [6.07, 6.45) is 1.44. The van der Waals surface area contributed by atoms with Gasteiger partial charge in [-0.3, -0.25) is 4.79 Å². The van der Waals surface area contributed by atoms with Gasteiger partial charge in [-0.2, -0.15) is 0 Å². The molecule has 0 fully saturated rings. The number of aryl methyl sites for hydroxylation is 1. The summed E-state index contributed by atoms with van der Waals surface area (Å²) in [5.41, 5.74) is 5.60. The normalized spacial score (nSPS) is 12.5. The Bertz CT molecular complexity index is 314. The van der Waals surface area contributed by atoms with Crippen molar-refractivity contribution in [2.75, 3.05) is 7.11 Å². The van der Waals surface area contributed by atoms with E-state index in [1.807, 2.05) is 11.4 Å². The van der Waals surface area contributed by atoms with Gasteiger partial charge in [-0.1, -0.05) is 0 Å². The smallest absolute Gasteiger partial charge is 0.322 e. The molecule has 3 nitrogen and oxygen atoms in total. The molecule has 0 bridgehead atoms. The fourth-order valence-electron chi connectivity index (χ4n) is 1.05. The highest BCUT2D eigenvalue weighted by atomic mass is 79.9. The molecule has 78 valence electrons. The maximum Gasteiger partial charge on any atom is 0.322 e. The zero-order valence-electron chi connectivity index (χ0n) is 7.83. The van der Waals surface area contributed by atoms with Crippen LogP contribution in [0.2, 0.25) is 0 Å². The van der Waals surface area contributed by atoms with Gasteiger partial charge in [-0.05, 0) is 34.8 Å². The summed E-state index contributed by atoms with van der Waals surface area (Å²) in [4.78, 5) is 12.2. The first-order valence-electron chi connectivity index (χ1n) is 4.20. The Morgan fingerprint density at radius 1 is 1.79 bits per heavy atom. The van der Waals surface area contributed by atoms with Crippen LogP contribution in [0.4, 0.5) is 0 Å². The molecule has 1 aromatic heterocycles. The van der Waals surface area contributed by atoms with Gasteiger partial charge in [-0.15, -0.1) is 11.3 Å². The van der Waals surface area contributed by atoms with E-state index in [1.54, 1.807) is 11.3 Å². The molecule has 14 heavy (non-hydrogen) atoms. The van der Waals surface area contributed by atoms with Gasteiger partial charge in [0.1, 0.15) is 6.04 Å². The quantitative estimate of drug-likeness (QED) is 0.856. The summed E-state index contributed by atoms with van der Waals surface area (Å²) in [7, 11) is 1.35. The van der Waals surface area contributed by atoms with E-state index in [1.165, 1.54) is 12.0 Å². The highest BCUT2D eigenvalue weighted by Gasteiger charge is 2.13. The molecular formula is C9H12BrNO2S. The minimum atomic E-state index is -0.513. The van der Waals surface area contributed by atoms with Crippen LogP contribution in [0.5, 0.6) is 0 Å². The Balaban J connectivity index is 2.37. The molecule has 0 saturated carbocycles. The van der Waals surface area contributed by atoms with E-state index in [9.17, 15) is 4.79 Å². The van der Waals surface area contributed by atoms with Gasteiger partial charge in [-0.25, -0.2) is 0 Å². The zero-order valence-corrected chi connectivity index (χ0v) is 10.2. The second-order valence-corrected chi connectivity index (χ2v) is 4.81. The lowest BCUT2D eigenvalue weighted by molar-refractivity contribution is -0.142. The first kappa shape index (κ1) is 11.7. The van der Waals surface area contributed by atoms with E-state index < -0.39 is 6.04 Å². The molecule has 1 atom stereocenters. The van der Waals surface area contributed by atoms with Crippen LogP contribution in [0.25, 0.3) is 0 Å². The molecule has 1 rings (SSSR count). The van der Waals surface area contributed by atoms with Crippen molar-refractivity contribution >= 4 is 33.2 Å². The van der Waals surface area contributed by atoms with Crippen molar-refractivity contribution in [3.05, 3.63) is 20.8 Å². The number of thiophene rings is 1. The second-order valence-electron chi connectivity index (χ2n) is 2.90. The van der Waals surface area contributed by atoms with E-state index >= 15 is 0 Å². The molecule has 0 aromatic carbocycles. The Morgan fingerprint density at radius 2 is 2.50 bits per heavy atom. The van der Waals surface area contributed by atoms with Crippen molar-refractivity contribution in [3.8, 4) is 0 Å². The first-order chi connectivity index (χ1) is 6.63. The third kappa shape index (κ3) is 3.40. The van der Waals surface area contributed by atoms with Crippen molar-refractivity contribution in [2.45, 2.75) is 18.9 Å². The molecule has 5 heteroatoms. The van der Waals surface area contributed by atoms with Crippen LogP contribution >= 0.6 is 27.3 Å². The SMILES string of the molecule is COC(=O)C(N)CCc1cc(Br)cs1. The van der Waals surface area contributed by atoms with Gasteiger partial charge < -0.3 is 10.5 Å². The molecule has 0 spiro atoms. The number of carbonyl (C=O) groups excluding carboxylic acids is 1. The lowest BCUT2D eigenvalue weighted by atomic mass is 10.1. The van der Waals surface area contributed by atoms with Crippen LogP contribution in [0, 0.1) is 0 Å². The molecule has 0 aliphatic rings. The lowest BCUT2D eigenvalue weighted by Gasteiger charge is -2.07. The number of rotatable bonds is 4. The van der Waals surface area contributed by atoms with E-state index in [2.05, 4.69) is 20.7 Å². The van der Waals surface area contributed by atoms with E-state index in [4.69, 9.17) is 5.73 Å². The van der Waals surface area contributed by atoms with Crippen LogP contribution in [0.1, 0.15) is 11.3 Å². The van der Waals surface area contributed by atoms with Gasteiger partial charge in [0.05, 0.1) is 7.11 Å². The third-order valence-electron chi connectivity index (χ3n) is 1.83. The predicted molar refractivity (Wildman–Crippen MR) is 60.3 cm³/mol. The Hall–Kier alpha value is -0.390. The van der Waals surface area contributed by atoms with Crippen LogP contribution in [0.3, 0.4) is 0 Å². The van der Waals surface area contributed by atoms with E-state index in [0.717, 1.165) is 10.9 Å². The molecule has 0 amide bonds. The molecule has 1 heterocycles. The molecule has 0 aliphatic heterocycles. The van der Waals surface area contributed by atoms with E-state index in [0.29, 0.717) is 6.42 Å². The van der Waals surface area contributed by atoms with Gasteiger partial charge in [0.2, 0.25) is 0 Å². The number of halogens is 1. The minimum absolute atomic E-state index is 0.347. The Labute approximate surface area is 95.4 Å². The first-order valence-corrected chi connectivity index (χ1v) is 5.87. The highest BCUT2D eigenvalue weighted by Crippen LogP contribution is 2.21. The summed E-state index contributed by atoms with van der Waals surface area (Å²) >= 11 is 5.03. The molecule has 2 N–H and O–H groups in total. The lowest BCUT2D eigenvalue weighted by Crippen LogP contribution is -2.31. The van der Waals surface area contributed by atoms with E-state index in [-0.39, 0.29) is 5.97 Å². The summed E-state index contributed by atoms with van der Waals surface area (Å²) in [6, 6.07) is 1.52. The number of ether oxygens (including phenoxy) is 1. The van der Waals surface area contributed by atoms with Crippen molar-refractivity contribution in [2.24, 2.45) is 5.73 Å². The van der Waals surface area contributed by atoms with Gasteiger partial charge >= 0.3 is 5.97 Å². The number of hydrogen-bond donors (Lipinski definition) is 1. The Kier molecular flexibility index (Phi) is 4.57. The topological polar surface area (TPSA) is 52.3 Å².